The van der Waals surface area contributed by atoms with Gasteiger partial charge in [-0.15, -0.1) is 6.58 Å². The molecule has 0 heterocycles. The normalized spacial score (nSPS) is 32.9. The van der Waals surface area contributed by atoms with Crippen molar-refractivity contribution in [3.8, 4) is 0 Å². The molecule has 1 heteroatoms. The van der Waals surface area contributed by atoms with E-state index in [4.69, 9.17) is 0 Å². The smallest absolute Gasteiger partial charge is 0.0119 e. The predicted molar refractivity (Wildman–Crippen MR) is 61.3 cm³/mol. The van der Waals surface area contributed by atoms with Gasteiger partial charge in [0.25, 0.3) is 0 Å². The molecule has 1 rings (SSSR count). The average Bonchev–Trinajstić information content (AvgIpc) is 2.03. The van der Waals surface area contributed by atoms with Crippen molar-refractivity contribution in [2.24, 2.45) is 5.92 Å². The van der Waals surface area contributed by atoms with Gasteiger partial charge in [-0.05, 0) is 55.6 Å². The van der Waals surface area contributed by atoms with Gasteiger partial charge in [0.2, 0.25) is 0 Å². The van der Waals surface area contributed by atoms with E-state index in [1.165, 1.54) is 25.7 Å². The van der Waals surface area contributed by atoms with E-state index in [1.807, 2.05) is 0 Å². The molecule has 1 aliphatic rings. The van der Waals surface area contributed by atoms with E-state index in [0.29, 0.717) is 0 Å². The van der Waals surface area contributed by atoms with Crippen molar-refractivity contribution in [2.75, 3.05) is 18.8 Å². The molecule has 0 bridgehead atoms. The zero-order valence-corrected chi connectivity index (χ0v) is 9.49. The lowest BCUT2D eigenvalue weighted by Crippen LogP contribution is -2.22. The Morgan fingerprint density at radius 1 is 1.08 bits per heavy atom. The standard InChI is InChI=1S/C11H22S/c1-5-10-6-8-11(9-7-10)12(2,3)4/h5,10-11H,1,6-9H2,2-4H3. The maximum atomic E-state index is 3.88. The summed E-state index contributed by atoms with van der Waals surface area (Å²) in [6.45, 7) is 3.88. The Hall–Kier alpha value is 0.0900. The SMILES string of the molecule is C=CC1CCC(S(C)(C)C)CC1. The van der Waals surface area contributed by atoms with Crippen molar-refractivity contribution in [3.05, 3.63) is 12.7 Å². The third-order valence-electron chi connectivity index (χ3n) is 3.05. The first-order chi connectivity index (χ1) is 5.54. The Morgan fingerprint density at radius 2 is 1.58 bits per heavy atom. The monoisotopic (exact) mass is 186 g/mol. The molecule has 1 aliphatic carbocycles. The van der Waals surface area contributed by atoms with Crippen molar-refractivity contribution in [1.29, 1.82) is 0 Å². The van der Waals surface area contributed by atoms with Crippen molar-refractivity contribution in [3.63, 3.8) is 0 Å². The quantitative estimate of drug-likeness (QED) is 0.580. The average molecular weight is 186 g/mol. The lowest BCUT2D eigenvalue weighted by atomic mass is 9.89. The highest BCUT2D eigenvalue weighted by molar-refractivity contribution is 8.32. The molecule has 0 aromatic carbocycles. The van der Waals surface area contributed by atoms with Gasteiger partial charge in [-0.2, -0.15) is 0 Å². The van der Waals surface area contributed by atoms with Gasteiger partial charge in [0.15, 0.2) is 0 Å². The molecule has 0 atom stereocenters. The van der Waals surface area contributed by atoms with Gasteiger partial charge >= 0.3 is 0 Å². The van der Waals surface area contributed by atoms with E-state index in [2.05, 4.69) is 31.4 Å². The Kier molecular flexibility index (Phi) is 3.28. The molecule has 0 spiro atoms. The van der Waals surface area contributed by atoms with Crippen LogP contribution in [0.3, 0.4) is 0 Å². The molecule has 0 aromatic rings. The minimum absolute atomic E-state index is 0.292. The topological polar surface area (TPSA) is 0 Å². The third-order valence-corrected chi connectivity index (χ3v) is 5.52. The second-order valence-corrected chi connectivity index (χ2v) is 9.23. The number of hydrogen-bond donors (Lipinski definition) is 0. The van der Waals surface area contributed by atoms with Crippen molar-refractivity contribution in [1.82, 2.24) is 0 Å². The van der Waals surface area contributed by atoms with Crippen molar-refractivity contribution in [2.45, 2.75) is 30.9 Å². The Morgan fingerprint density at radius 3 is 1.92 bits per heavy atom. The summed E-state index contributed by atoms with van der Waals surface area (Å²) in [6.07, 6.45) is 15.2. The summed E-state index contributed by atoms with van der Waals surface area (Å²) >= 11 is 0. The molecule has 72 valence electrons. The molecule has 0 unspecified atom stereocenters. The first-order valence-corrected chi connectivity index (χ1v) is 7.76. The van der Waals surface area contributed by atoms with Gasteiger partial charge in [-0.25, -0.2) is 10.0 Å². The first-order valence-electron chi connectivity index (χ1n) is 4.84. The second kappa shape index (κ2) is 3.87. The molecule has 0 amide bonds. The summed E-state index contributed by atoms with van der Waals surface area (Å²) in [7, 11) is -0.292. The van der Waals surface area contributed by atoms with Crippen LogP contribution in [0.15, 0.2) is 12.7 Å². The summed E-state index contributed by atoms with van der Waals surface area (Å²) in [4.78, 5) is 0. The van der Waals surface area contributed by atoms with E-state index in [1.54, 1.807) is 0 Å². The molecule has 0 saturated heterocycles. The Bertz CT molecular complexity index is 147. The summed E-state index contributed by atoms with van der Waals surface area (Å²) in [5, 5.41) is 1.02. The fourth-order valence-electron chi connectivity index (χ4n) is 2.03. The predicted octanol–water partition coefficient (Wildman–Crippen LogP) is 3.43. The van der Waals surface area contributed by atoms with E-state index >= 15 is 0 Å². The van der Waals surface area contributed by atoms with Gasteiger partial charge < -0.3 is 0 Å². The lowest BCUT2D eigenvalue weighted by Gasteiger charge is -2.40. The minimum atomic E-state index is -0.292. The number of rotatable bonds is 2. The fraction of sp³-hybridized carbons (Fsp3) is 0.818. The molecular formula is C11H22S. The molecule has 12 heavy (non-hydrogen) atoms. The minimum Gasteiger partial charge on any atom is -0.247 e. The van der Waals surface area contributed by atoms with Crippen molar-refractivity contribution >= 4 is 10.0 Å². The molecule has 1 saturated carbocycles. The highest BCUT2D eigenvalue weighted by atomic mass is 32.3. The maximum Gasteiger partial charge on any atom is -0.0119 e. The Balaban J connectivity index is 2.41. The van der Waals surface area contributed by atoms with E-state index in [9.17, 15) is 0 Å². The third kappa shape index (κ3) is 2.55. The van der Waals surface area contributed by atoms with Crippen LogP contribution in [0, 0.1) is 5.92 Å². The van der Waals surface area contributed by atoms with E-state index < -0.39 is 0 Å². The molecule has 0 radical (unpaired) electrons. The molecule has 0 N–H and O–H groups in total. The highest BCUT2D eigenvalue weighted by Crippen LogP contribution is 2.48. The van der Waals surface area contributed by atoms with Gasteiger partial charge in [-0.1, -0.05) is 6.08 Å². The van der Waals surface area contributed by atoms with Crippen LogP contribution in [0.25, 0.3) is 0 Å². The molecule has 1 fully saturated rings. The Labute approximate surface area is 78.8 Å². The zero-order chi connectivity index (χ0) is 9.19. The fourth-order valence-corrected chi connectivity index (χ4v) is 3.72. The second-order valence-electron chi connectivity index (χ2n) is 4.70. The molecule has 0 aromatic heterocycles. The van der Waals surface area contributed by atoms with Crippen LogP contribution in [-0.2, 0) is 0 Å². The summed E-state index contributed by atoms with van der Waals surface area (Å²) in [6, 6.07) is 0. The van der Waals surface area contributed by atoms with Crippen molar-refractivity contribution < 1.29 is 0 Å². The van der Waals surface area contributed by atoms with E-state index in [-0.39, 0.29) is 10.0 Å². The molecule has 0 aliphatic heterocycles. The van der Waals surface area contributed by atoms with Crippen LogP contribution in [-0.4, -0.2) is 24.0 Å². The van der Waals surface area contributed by atoms with Gasteiger partial charge in [0, 0.05) is 0 Å². The van der Waals surface area contributed by atoms with E-state index in [0.717, 1.165) is 11.2 Å². The lowest BCUT2D eigenvalue weighted by molar-refractivity contribution is 0.427. The van der Waals surface area contributed by atoms with Crippen LogP contribution >= 0.6 is 10.0 Å². The molecule has 0 nitrogen and oxygen atoms in total. The zero-order valence-electron chi connectivity index (χ0n) is 8.68. The summed E-state index contributed by atoms with van der Waals surface area (Å²) < 4.78 is 0. The van der Waals surface area contributed by atoms with Crippen LogP contribution in [0.2, 0.25) is 0 Å². The highest BCUT2D eigenvalue weighted by Gasteiger charge is 2.25. The number of hydrogen-bond acceptors (Lipinski definition) is 0. The van der Waals surface area contributed by atoms with Gasteiger partial charge in [-0.3, -0.25) is 0 Å². The van der Waals surface area contributed by atoms with Gasteiger partial charge in [0.05, 0.1) is 0 Å². The number of allylic oxidation sites excluding steroid dienone is 1. The van der Waals surface area contributed by atoms with Crippen LogP contribution < -0.4 is 0 Å². The van der Waals surface area contributed by atoms with Gasteiger partial charge in [0.1, 0.15) is 0 Å². The summed E-state index contributed by atoms with van der Waals surface area (Å²) in [5.74, 6) is 0.822. The van der Waals surface area contributed by atoms with Crippen LogP contribution in [0.1, 0.15) is 25.7 Å². The van der Waals surface area contributed by atoms with Crippen LogP contribution in [0.5, 0.6) is 0 Å². The first kappa shape index (κ1) is 10.2. The maximum absolute atomic E-state index is 3.88. The summed E-state index contributed by atoms with van der Waals surface area (Å²) in [5.41, 5.74) is 0. The van der Waals surface area contributed by atoms with Crippen LogP contribution in [0.4, 0.5) is 0 Å². The molecular weight excluding hydrogens is 164 g/mol. The largest absolute Gasteiger partial charge is 0.247 e.